The Morgan fingerprint density at radius 3 is 2.50 bits per heavy atom. The lowest BCUT2D eigenvalue weighted by Crippen LogP contribution is -2.14. The molecule has 4 heteroatoms. The molecule has 0 aromatic heterocycles. The van der Waals surface area contributed by atoms with Gasteiger partial charge in [0.15, 0.2) is 5.78 Å². The van der Waals surface area contributed by atoms with Crippen LogP contribution in [0.15, 0.2) is 24.3 Å². The second-order valence-electron chi connectivity index (χ2n) is 4.93. The summed E-state index contributed by atoms with van der Waals surface area (Å²) in [6.45, 7) is 2.95. The largest absolute Gasteiger partial charge is 0.382 e. The highest BCUT2D eigenvalue weighted by molar-refractivity contribution is 6.02. The van der Waals surface area contributed by atoms with E-state index in [1.165, 1.54) is 5.56 Å². The number of ketones is 1. The molecule has 1 atom stereocenters. The standard InChI is InChI=1S/C16H22O4/c1-18-8-9-20-11-10-19-7-6-14-12-13-4-2-3-5-15(13)16(14)17/h2-5,14H,6-12H2,1H3. The molecule has 1 aliphatic rings. The van der Waals surface area contributed by atoms with E-state index in [2.05, 4.69) is 0 Å². The molecular weight excluding hydrogens is 256 g/mol. The van der Waals surface area contributed by atoms with Crippen molar-refractivity contribution in [3.05, 3.63) is 35.4 Å². The van der Waals surface area contributed by atoms with Crippen LogP contribution >= 0.6 is 0 Å². The van der Waals surface area contributed by atoms with Crippen LogP contribution in [0.25, 0.3) is 0 Å². The molecule has 1 aromatic carbocycles. The van der Waals surface area contributed by atoms with Gasteiger partial charge < -0.3 is 14.2 Å². The summed E-state index contributed by atoms with van der Waals surface area (Å²) in [6, 6.07) is 7.87. The Kier molecular flexibility index (Phi) is 6.18. The molecule has 1 unspecified atom stereocenters. The van der Waals surface area contributed by atoms with Crippen LogP contribution in [-0.4, -0.2) is 45.9 Å². The maximum absolute atomic E-state index is 12.1. The number of rotatable bonds is 9. The average Bonchev–Trinajstić information content (AvgIpc) is 2.79. The van der Waals surface area contributed by atoms with Gasteiger partial charge in [-0.25, -0.2) is 0 Å². The van der Waals surface area contributed by atoms with E-state index in [1.807, 2.05) is 24.3 Å². The van der Waals surface area contributed by atoms with Crippen molar-refractivity contribution < 1.29 is 19.0 Å². The van der Waals surface area contributed by atoms with E-state index in [1.54, 1.807) is 7.11 Å². The first-order valence-electron chi connectivity index (χ1n) is 7.09. The van der Waals surface area contributed by atoms with Gasteiger partial charge >= 0.3 is 0 Å². The van der Waals surface area contributed by atoms with Crippen molar-refractivity contribution >= 4 is 5.78 Å². The lowest BCUT2D eigenvalue weighted by atomic mass is 10.0. The highest BCUT2D eigenvalue weighted by Gasteiger charge is 2.29. The van der Waals surface area contributed by atoms with Crippen LogP contribution in [0, 0.1) is 5.92 Å². The van der Waals surface area contributed by atoms with E-state index in [0.717, 1.165) is 18.4 Å². The number of carbonyl (C=O) groups is 1. The number of benzene rings is 1. The maximum Gasteiger partial charge on any atom is 0.166 e. The molecule has 0 spiro atoms. The van der Waals surface area contributed by atoms with Crippen LogP contribution in [0.3, 0.4) is 0 Å². The quantitative estimate of drug-likeness (QED) is 0.649. The molecule has 0 heterocycles. The summed E-state index contributed by atoms with van der Waals surface area (Å²) in [6.07, 6.45) is 1.63. The summed E-state index contributed by atoms with van der Waals surface area (Å²) in [5.74, 6) is 0.349. The monoisotopic (exact) mass is 278 g/mol. The van der Waals surface area contributed by atoms with E-state index in [0.29, 0.717) is 33.0 Å². The zero-order valence-corrected chi connectivity index (χ0v) is 12.0. The van der Waals surface area contributed by atoms with Crippen LogP contribution in [-0.2, 0) is 20.6 Å². The fraction of sp³-hybridized carbons (Fsp3) is 0.562. The van der Waals surface area contributed by atoms with Crippen LogP contribution in [0.1, 0.15) is 22.3 Å². The molecule has 0 aliphatic heterocycles. The lowest BCUT2D eigenvalue weighted by Gasteiger charge is -2.09. The maximum atomic E-state index is 12.1. The van der Waals surface area contributed by atoms with Crippen LogP contribution in [0.2, 0.25) is 0 Å². The summed E-state index contributed by atoms with van der Waals surface area (Å²) in [5.41, 5.74) is 2.06. The third-order valence-corrected chi connectivity index (χ3v) is 3.53. The van der Waals surface area contributed by atoms with E-state index < -0.39 is 0 Å². The average molecular weight is 278 g/mol. The van der Waals surface area contributed by atoms with Crippen molar-refractivity contribution in [1.82, 2.24) is 0 Å². The van der Waals surface area contributed by atoms with Crippen molar-refractivity contribution in [2.24, 2.45) is 5.92 Å². The summed E-state index contributed by atoms with van der Waals surface area (Å²) < 4.78 is 15.7. The third kappa shape index (κ3) is 4.13. The minimum absolute atomic E-state index is 0.0850. The number of methoxy groups -OCH3 is 1. The number of Topliss-reactive ketones (excluding diaryl/α,β-unsaturated/α-hetero) is 1. The van der Waals surface area contributed by atoms with E-state index in [9.17, 15) is 4.79 Å². The van der Waals surface area contributed by atoms with Gasteiger partial charge in [-0.15, -0.1) is 0 Å². The van der Waals surface area contributed by atoms with Gasteiger partial charge in [0.05, 0.1) is 26.4 Å². The summed E-state index contributed by atoms with van der Waals surface area (Å²) >= 11 is 0. The number of fused-ring (bicyclic) bond motifs is 1. The van der Waals surface area contributed by atoms with Gasteiger partial charge in [0.1, 0.15) is 0 Å². The molecule has 20 heavy (non-hydrogen) atoms. The van der Waals surface area contributed by atoms with Gasteiger partial charge in [-0.3, -0.25) is 4.79 Å². The van der Waals surface area contributed by atoms with Crippen molar-refractivity contribution in [3.63, 3.8) is 0 Å². The molecule has 1 aromatic rings. The third-order valence-electron chi connectivity index (χ3n) is 3.53. The van der Waals surface area contributed by atoms with E-state index in [4.69, 9.17) is 14.2 Å². The van der Waals surface area contributed by atoms with Gasteiger partial charge in [-0.05, 0) is 18.4 Å². The van der Waals surface area contributed by atoms with Crippen molar-refractivity contribution in [3.8, 4) is 0 Å². The van der Waals surface area contributed by atoms with Gasteiger partial charge in [0.2, 0.25) is 0 Å². The second kappa shape index (κ2) is 8.15. The molecule has 0 saturated heterocycles. The van der Waals surface area contributed by atoms with Crippen LogP contribution < -0.4 is 0 Å². The zero-order valence-electron chi connectivity index (χ0n) is 12.0. The minimum atomic E-state index is 0.0850. The number of hydrogen-bond acceptors (Lipinski definition) is 4. The molecule has 0 radical (unpaired) electrons. The predicted octanol–water partition coefficient (Wildman–Crippen LogP) is 2.11. The molecule has 1 aliphatic carbocycles. The smallest absolute Gasteiger partial charge is 0.166 e. The van der Waals surface area contributed by atoms with Gasteiger partial charge in [0, 0.05) is 25.2 Å². The molecule has 2 rings (SSSR count). The van der Waals surface area contributed by atoms with Gasteiger partial charge in [-0.2, -0.15) is 0 Å². The SMILES string of the molecule is COCCOCCOCCC1Cc2ccccc2C1=O. The number of carbonyl (C=O) groups excluding carboxylic acids is 1. The first-order chi connectivity index (χ1) is 9.83. The highest BCUT2D eigenvalue weighted by atomic mass is 16.5. The van der Waals surface area contributed by atoms with Crippen LogP contribution in [0.5, 0.6) is 0 Å². The van der Waals surface area contributed by atoms with Gasteiger partial charge in [-0.1, -0.05) is 24.3 Å². The Balaban J connectivity index is 1.59. The molecule has 110 valence electrons. The predicted molar refractivity (Wildman–Crippen MR) is 76.1 cm³/mol. The van der Waals surface area contributed by atoms with Crippen molar-refractivity contribution in [1.29, 1.82) is 0 Å². The Bertz CT molecular complexity index is 430. The molecule has 4 nitrogen and oxygen atoms in total. The van der Waals surface area contributed by atoms with Crippen molar-refractivity contribution in [2.45, 2.75) is 12.8 Å². The normalized spacial score (nSPS) is 17.4. The van der Waals surface area contributed by atoms with Crippen LogP contribution in [0.4, 0.5) is 0 Å². The fourth-order valence-corrected chi connectivity index (χ4v) is 2.44. The first kappa shape index (κ1) is 15.2. The summed E-state index contributed by atoms with van der Waals surface area (Å²) in [7, 11) is 1.65. The Labute approximate surface area is 120 Å². The molecule has 0 bridgehead atoms. The highest BCUT2D eigenvalue weighted by Crippen LogP contribution is 2.28. The van der Waals surface area contributed by atoms with E-state index in [-0.39, 0.29) is 11.7 Å². The first-order valence-corrected chi connectivity index (χ1v) is 7.09. The topological polar surface area (TPSA) is 44.8 Å². The number of ether oxygens (including phenoxy) is 3. The number of hydrogen-bond donors (Lipinski definition) is 0. The Hall–Kier alpha value is -1.23. The molecule has 0 N–H and O–H groups in total. The molecule has 0 saturated carbocycles. The van der Waals surface area contributed by atoms with Gasteiger partial charge in [0.25, 0.3) is 0 Å². The summed E-state index contributed by atoms with van der Waals surface area (Å²) in [4.78, 5) is 12.1. The molecule has 0 fully saturated rings. The van der Waals surface area contributed by atoms with E-state index >= 15 is 0 Å². The molecular formula is C16H22O4. The fourth-order valence-electron chi connectivity index (χ4n) is 2.44. The summed E-state index contributed by atoms with van der Waals surface area (Å²) in [5, 5.41) is 0. The Morgan fingerprint density at radius 1 is 1.05 bits per heavy atom. The lowest BCUT2D eigenvalue weighted by molar-refractivity contribution is 0.0220. The zero-order chi connectivity index (χ0) is 14.2. The minimum Gasteiger partial charge on any atom is -0.382 e. The Morgan fingerprint density at radius 2 is 1.75 bits per heavy atom. The second-order valence-corrected chi connectivity index (χ2v) is 4.93. The molecule has 0 amide bonds. The van der Waals surface area contributed by atoms with Crippen molar-refractivity contribution in [2.75, 3.05) is 40.1 Å².